The molecule has 3 heteroatoms. The van der Waals surface area contributed by atoms with Gasteiger partial charge >= 0.3 is 0 Å². The molecule has 0 aliphatic heterocycles. The van der Waals surface area contributed by atoms with Gasteiger partial charge in [0.15, 0.2) is 0 Å². The number of aryl methyl sites for hydroxylation is 1. The fourth-order valence-electron chi connectivity index (χ4n) is 2.37. The van der Waals surface area contributed by atoms with Crippen molar-refractivity contribution >= 4 is 5.69 Å². The first-order valence-corrected chi connectivity index (χ1v) is 6.65. The summed E-state index contributed by atoms with van der Waals surface area (Å²) in [5.74, 6) is 0. The third kappa shape index (κ3) is 2.98. The molecular formula is C17H19N3. The summed E-state index contributed by atoms with van der Waals surface area (Å²) < 4.78 is 0. The monoisotopic (exact) mass is 265 g/mol. The van der Waals surface area contributed by atoms with Crippen LogP contribution in [0.2, 0.25) is 0 Å². The van der Waals surface area contributed by atoms with Gasteiger partial charge < -0.3 is 10.6 Å². The molecule has 2 aromatic rings. The lowest BCUT2D eigenvalue weighted by molar-refractivity contribution is 0.680. The van der Waals surface area contributed by atoms with E-state index in [-0.39, 0.29) is 6.04 Å². The summed E-state index contributed by atoms with van der Waals surface area (Å²) in [4.78, 5) is 2.12. The van der Waals surface area contributed by atoms with E-state index >= 15 is 0 Å². The summed E-state index contributed by atoms with van der Waals surface area (Å²) in [6, 6.07) is 18.2. The molecule has 0 amide bonds. The normalized spacial score (nSPS) is 11.7. The van der Waals surface area contributed by atoms with Crippen LogP contribution in [-0.4, -0.2) is 13.6 Å². The first-order valence-electron chi connectivity index (χ1n) is 6.65. The molecular weight excluding hydrogens is 246 g/mol. The van der Waals surface area contributed by atoms with Crippen molar-refractivity contribution in [3.05, 3.63) is 65.2 Å². The zero-order valence-electron chi connectivity index (χ0n) is 11.9. The quantitative estimate of drug-likeness (QED) is 0.924. The van der Waals surface area contributed by atoms with Crippen molar-refractivity contribution in [2.24, 2.45) is 5.73 Å². The molecule has 0 heterocycles. The molecule has 0 aliphatic carbocycles. The minimum atomic E-state index is 0.101. The van der Waals surface area contributed by atoms with Gasteiger partial charge in [0.05, 0.1) is 17.7 Å². The molecule has 0 aromatic heterocycles. The number of likely N-dealkylation sites (N-methyl/N-ethyl adjacent to an activating group) is 1. The van der Waals surface area contributed by atoms with Crippen molar-refractivity contribution in [2.45, 2.75) is 13.0 Å². The standard InChI is InChI=1S/C17H19N3/c1-13-5-3-7-15(9-13)17(12-19)20(2)16-8-4-6-14(10-16)11-18/h3-10,17H,12,19H2,1-2H3. The summed E-state index contributed by atoms with van der Waals surface area (Å²) in [6.07, 6.45) is 0. The Morgan fingerprint density at radius 1 is 1.20 bits per heavy atom. The lowest BCUT2D eigenvalue weighted by Crippen LogP contribution is -2.30. The molecule has 1 atom stereocenters. The van der Waals surface area contributed by atoms with E-state index in [9.17, 15) is 0 Å². The Hall–Kier alpha value is -2.31. The molecule has 3 nitrogen and oxygen atoms in total. The maximum Gasteiger partial charge on any atom is 0.0992 e. The van der Waals surface area contributed by atoms with Gasteiger partial charge in [-0.15, -0.1) is 0 Å². The zero-order chi connectivity index (χ0) is 14.5. The molecule has 2 N–H and O–H groups in total. The van der Waals surface area contributed by atoms with E-state index < -0.39 is 0 Å². The van der Waals surface area contributed by atoms with Crippen LogP contribution < -0.4 is 10.6 Å². The van der Waals surface area contributed by atoms with Crippen LogP contribution >= 0.6 is 0 Å². The van der Waals surface area contributed by atoms with E-state index in [1.165, 1.54) is 11.1 Å². The van der Waals surface area contributed by atoms with Crippen LogP contribution in [-0.2, 0) is 0 Å². The highest BCUT2D eigenvalue weighted by molar-refractivity contribution is 5.53. The molecule has 0 saturated heterocycles. The summed E-state index contributed by atoms with van der Waals surface area (Å²) in [5.41, 5.74) is 10.0. The summed E-state index contributed by atoms with van der Waals surface area (Å²) in [6.45, 7) is 2.60. The Labute approximate surface area is 120 Å². The molecule has 0 saturated carbocycles. The third-order valence-corrected chi connectivity index (χ3v) is 3.50. The Balaban J connectivity index is 2.33. The summed E-state index contributed by atoms with van der Waals surface area (Å²) in [7, 11) is 2.01. The summed E-state index contributed by atoms with van der Waals surface area (Å²) >= 11 is 0. The van der Waals surface area contributed by atoms with Crippen molar-refractivity contribution in [2.75, 3.05) is 18.5 Å². The lowest BCUT2D eigenvalue weighted by atomic mass is 10.0. The van der Waals surface area contributed by atoms with Gasteiger partial charge in [0.2, 0.25) is 0 Å². The number of hydrogen-bond acceptors (Lipinski definition) is 3. The average Bonchev–Trinajstić information content (AvgIpc) is 2.48. The van der Waals surface area contributed by atoms with E-state index in [0.29, 0.717) is 12.1 Å². The van der Waals surface area contributed by atoms with Crippen LogP contribution in [0.15, 0.2) is 48.5 Å². The number of hydrogen-bond donors (Lipinski definition) is 1. The molecule has 0 radical (unpaired) electrons. The van der Waals surface area contributed by atoms with Gasteiger partial charge in [-0.25, -0.2) is 0 Å². The topological polar surface area (TPSA) is 53.0 Å². The minimum Gasteiger partial charge on any atom is -0.366 e. The van der Waals surface area contributed by atoms with Crippen LogP contribution in [0.25, 0.3) is 0 Å². The predicted octanol–water partition coefficient (Wildman–Crippen LogP) is 3.00. The number of rotatable bonds is 4. The molecule has 0 bridgehead atoms. The van der Waals surface area contributed by atoms with Crippen molar-refractivity contribution in [3.63, 3.8) is 0 Å². The number of nitriles is 1. The Kier molecular flexibility index (Phi) is 4.39. The Bertz CT molecular complexity index is 628. The fraction of sp³-hybridized carbons (Fsp3) is 0.235. The van der Waals surface area contributed by atoms with E-state index in [1.807, 2.05) is 37.4 Å². The van der Waals surface area contributed by atoms with Crippen LogP contribution in [0.1, 0.15) is 22.7 Å². The van der Waals surface area contributed by atoms with Crippen LogP contribution in [0.4, 0.5) is 5.69 Å². The highest BCUT2D eigenvalue weighted by atomic mass is 15.1. The average molecular weight is 265 g/mol. The van der Waals surface area contributed by atoms with Gasteiger partial charge in [0.1, 0.15) is 0 Å². The van der Waals surface area contributed by atoms with Crippen molar-refractivity contribution in [1.82, 2.24) is 0 Å². The van der Waals surface area contributed by atoms with Gasteiger partial charge in [0.25, 0.3) is 0 Å². The molecule has 0 fully saturated rings. The lowest BCUT2D eigenvalue weighted by Gasteiger charge is -2.30. The van der Waals surface area contributed by atoms with E-state index in [2.05, 4.69) is 36.1 Å². The van der Waals surface area contributed by atoms with Gasteiger partial charge in [-0.05, 0) is 30.7 Å². The van der Waals surface area contributed by atoms with Gasteiger partial charge in [0, 0.05) is 19.3 Å². The van der Waals surface area contributed by atoms with E-state index in [1.54, 1.807) is 0 Å². The SMILES string of the molecule is Cc1cccc(C(CN)N(C)c2cccc(C#N)c2)c1. The zero-order valence-corrected chi connectivity index (χ0v) is 11.9. The minimum absolute atomic E-state index is 0.101. The number of anilines is 1. The number of benzene rings is 2. The highest BCUT2D eigenvalue weighted by Crippen LogP contribution is 2.26. The molecule has 2 aromatic carbocycles. The van der Waals surface area contributed by atoms with Crippen molar-refractivity contribution < 1.29 is 0 Å². The molecule has 20 heavy (non-hydrogen) atoms. The first kappa shape index (κ1) is 14.1. The third-order valence-electron chi connectivity index (χ3n) is 3.50. The van der Waals surface area contributed by atoms with Crippen LogP contribution in [0.5, 0.6) is 0 Å². The van der Waals surface area contributed by atoms with Crippen molar-refractivity contribution in [1.29, 1.82) is 5.26 Å². The van der Waals surface area contributed by atoms with Gasteiger partial charge in [-0.3, -0.25) is 0 Å². The smallest absolute Gasteiger partial charge is 0.0992 e. The van der Waals surface area contributed by atoms with Crippen LogP contribution in [0, 0.1) is 18.3 Å². The van der Waals surface area contributed by atoms with Crippen LogP contribution in [0.3, 0.4) is 0 Å². The first-order chi connectivity index (χ1) is 9.65. The van der Waals surface area contributed by atoms with Gasteiger partial charge in [-0.2, -0.15) is 5.26 Å². The molecule has 2 rings (SSSR count). The predicted molar refractivity (Wildman–Crippen MR) is 82.5 cm³/mol. The number of nitrogens with zero attached hydrogens (tertiary/aromatic N) is 2. The maximum absolute atomic E-state index is 9.00. The Morgan fingerprint density at radius 2 is 1.95 bits per heavy atom. The molecule has 1 unspecified atom stereocenters. The highest BCUT2D eigenvalue weighted by Gasteiger charge is 2.16. The second-order valence-electron chi connectivity index (χ2n) is 4.94. The fourth-order valence-corrected chi connectivity index (χ4v) is 2.37. The molecule has 0 aliphatic rings. The Morgan fingerprint density at radius 3 is 2.60 bits per heavy atom. The van der Waals surface area contributed by atoms with Gasteiger partial charge in [-0.1, -0.05) is 35.9 Å². The molecule has 0 spiro atoms. The second-order valence-corrected chi connectivity index (χ2v) is 4.94. The number of nitrogens with two attached hydrogens (primary N) is 1. The van der Waals surface area contributed by atoms with Crippen molar-refractivity contribution in [3.8, 4) is 6.07 Å². The van der Waals surface area contributed by atoms with E-state index in [4.69, 9.17) is 11.0 Å². The second kappa shape index (κ2) is 6.23. The largest absolute Gasteiger partial charge is 0.366 e. The molecule has 102 valence electrons. The maximum atomic E-state index is 9.00. The summed E-state index contributed by atoms with van der Waals surface area (Å²) in [5, 5.41) is 9.00. The van der Waals surface area contributed by atoms with E-state index in [0.717, 1.165) is 5.69 Å².